The minimum Gasteiger partial charge on any atom is -0.496 e. The molecule has 0 unspecified atom stereocenters. The van der Waals surface area contributed by atoms with Gasteiger partial charge in [0.1, 0.15) is 12.3 Å². The molecular weight excluding hydrogens is 463 g/mol. The van der Waals surface area contributed by atoms with Crippen molar-refractivity contribution in [3.8, 4) is 17.1 Å². The van der Waals surface area contributed by atoms with Crippen LogP contribution in [0, 0.1) is 5.41 Å². The van der Waals surface area contributed by atoms with Crippen LogP contribution in [-0.2, 0) is 7.05 Å². The molecule has 9 nitrogen and oxygen atoms in total. The summed E-state index contributed by atoms with van der Waals surface area (Å²) in [5.41, 5.74) is 9.52. The van der Waals surface area contributed by atoms with Crippen molar-refractivity contribution in [3.63, 3.8) is 0 Å². The second-order valence-corrected chi connectivity index (χ2v) is 8.17. The first-order valence-corrected chi connectivity index (χ1v) is 10.8. The zero-order valence-corrected chi connectivity index (χ0v) is 19.0. The third-order valence-corrected chi connectivity index (χ3v) is 5.61. The van der Waals surface area contributed by atoms with E-state index in [9.17, 15) is 18.0 Å². The van der Waals surface area contributed by atoms with Crippen molar-refractivity contribution in [2.24, 2.45) is 7.05 Å². The second-order valence-electron chi connectivity index (χ2n) is 8.17. The maximum atomic E-state index is 12.4. The highest BCUT2D eigenvalue weighted by atomic mass is 19.4. The molecule has 1 aromatic heterocycles. The van der Waals surface area contributed by atoms with E-state index in [4.69, 9.17) is 15.9 Å². The lowest BCUT2D eigenvalue weighted by atomic mass is 10.00. The van der Waals surface area contributed by atoms with Gasteiger partial charge in [-0.3, -0.25) is 4.79 Å². The van der Waals surface area contributed by atoms with Crippen LogP contribution in [0.4, 0.5) is 30.5 Å². The average Bonchev–Trinajstić information content (AvgIpc) is 3.60. The third-order valence-electron chi connectivity index (χ3n) is 5.61. The summed E-state index contributed by atoms with van der Waals surface area (Å²) in [7, 11) is 3.03. The molecule has 1 aliphatic rings. The number of methoxy groups -OCH3 is 1. The molecule has 2 aromatic carbocycles. The fourth-order valence-corrected chi connectivity index (χ4v) is 3.76. The number of carbonyl (C=O) groups excluding carboxylic acids is 1. The van der Waals surface area contributed by atoms with Gasteiger partial charge in [-0.25, -0.2) is 4.68 Å². The Morgan fingerprint density at radius 3 is 2.69 bits per heavy atom. The first-order chi connectivity index (χ1) is 16.6. The number of nitrogens with two attached hydrogens (primary N) is 1. The van der Waals surface area contributed by atoms with E-state index in [2.05, 4.69) is 15.4 Å². The fraction of sp³-hybridized carbons (Fsp3) is 0.304. The van der Waals surface area contributed by atoms with Crippen LogP contribution in [0.2, 0.25) is 0 Å². The molecular formula is C23H24F3N7O2. The second kappa shape index (κ2) is 9.28. The van der Waals surface area contributed by atoms with Crippen LogP contribution >= 0.6 is 0 Å². The van der Waals surface area contributed by atoms with E-state index in [-0.39, 0.29) is 11.3 Å². The summed E-state index contributed by atoms with van der Waals surface area (Å²) in [5, 5.41) is 17.3. The van der Waals surface area contributed by atoms with Crippen molar-refractivity contribution in [1.82, 2.24) is 20.1 Å². The number of halogens is 3. The number of nitrogens with one attached hydrogen (secondary N) is 3. The molecule has 12 heteroatoms. The fourth-order valence-electron chi connectivity index (χ4n) is 3.76. The zero-order valence-electron chi connectivity index (χ0n) is 19.0. The summed E-state index contributed by atoms with van der Waals surface area (Å²) in [5.74, 6) is 0.278. The van der Waals surface area contributed by atoms with Crippen LogP contribution in [0.1, 0.15) is 40.2 Å². The number of benzene rings is 2. The molecule has 1 fully saturated rings. The molecule has 184 valence electrons. The molecule has 0 radical (unpaired) electrons. The monoisotopic (exact) mass is 487 g/mol. The van der Waals surface area contributed by atoms with Crippen molar-refractivity contribution < 1.29 is 22.7 Å². The molecule has 0 spiro atoms. The molecule has 0 atom stereocenters. The van der Waals surface area contributed by atoms with E-state index >= 15 is 0 Å². The quantitative estimate of drug-likeness (QED) is 0.281. The van der Waals surface area contributed by atoms with E-state index in [1.807, 2.05) is 11.4 Å². The number of nitrogens with zero attached hydrogens (tertiary/aromatic N) is 3. The van der Waals surface area contributed by atoms with Gasteiger partial charge in [0.2, 0.25) is 5.95 Å². The lowest BCUT2D eigenvalue weighted by Gasteiger charge is -2.15. The Labute approximate surface area is 199 Å². The molecule has 5 N–H and O–H groups in total. The average molecular weight is 487 g/mol. The normalized spacial score (nSPS) is 13.4. The third kappa shape index (κ3) is 5.20. The lowest BCUT2D eigenvalue weighted by Crippen LogP contribution is -2.33. The standard InChI is InChI=1S/C23H24F3N7O2/c1-33-22(30-17-8-7-16(28)15(10-27)19(17)12-3-4-12)31-20(32-33)13-5-6-14(18(9-13)35-2)21(34)29-11-23(24,25)26/h5-10,12,27H,3-4,11,28H2,1-2H3,(H,29,34)(H,30,31,32). The van der Waals surface area contributed by atoms with Gasteiger partial charge in [0, 0.05) is 35.8 Å². The van der Waals surface area contributed by atoms with Gasteiger partial charge in [-0.1, -0.05) is 6.07 Å². The summed E-state index contributed by atoms with van der Waals surface area (Å²) >= 11 is 0. The van der Waals surface area contributed by atoms with Crippen molar-refractivity contribution in [2.45, 2.75) is 24.9 Å². The Morgan fingerprint density at radius 1 is 1.31 bits per heavy atom. The Balaban J connectivity index is 1.61. The van der Waals surface area contributed by atoms with Gasteiger partial charge in [-0.15, -0.1) is 5.10 Å². The van der Waals surface area contributed by atoms with Crippen LogP contribution in [0.5, 0.6) is 5.75 Å². The van der Waals surface area contributed by atoms with E-state index in [1.54, 1.807) is 17.8 Å². The lowest BCUT2D eigenvalue weighted by molar-refractivity contribution is -0.123. The Kier molecular flexibility index (Phi) is 6.37. The van der Waals surface area contributed by atoms with E-state index in [0.717, 1.165) is 24.1 Å². The summed E-state index contributed by atoms with van der Waals surface area (Å²) in [6.45, 7) is -1.44. The summed E-state index contributed by atoms with van der Waals surface area (Å²) in [6, 6.07) is 7.98. The van der Waals surface area contributed by atoms with Crippen molar-refractivity contribution >= 4 is 29.4 Å². The van der Waals surface area contributed by atoms with Crippen molar-refractivity contribution in [2.75, 3.05) is 24.7 Å². The highest BCUT2D eigenvalue weighted by molar-refractivity contribution is 5.97. The molecule has 35 heavy (non-hydrogen) atoms. The maximum absolute atomic E-state index is 12.4. The number of nitrogen functional groups attached to an aromatic ring is 1. The predicted octanol–water partition coefficient (Wildman–Crippen LogP) is 3.98. The Hall–Kier alpha value is -4.09. The van der Waals surface area contributed by atoms with Gasteiger partial charge in [0.15, 0.2) is 5.82 Å². The van der Waals surface area contributed by atoms with E-state index in [0.29, 0.717) is 34.5 Å². The largest absolute Gasteiger partial charge is 0.496 e. The molecule has 1 aliphatic carbocycles. The number of carbonyl (C=O) groups is 1. The molecule has 1 heterocycles. The van der Waals surface area contributed by atoms with Gasteiger partial charge >= 0.3 is 6.18 Å². The summed E-state index contributed by atoms with van der Waals surface area (Å²) in [6.07, 6.45) is -1.22. The van der Waals surface area contributed by atoms with Crippen molar-refractivity contribution in [3.05, 3.63) is 47.0 Å². The number of aryl methyl sites for hydroxylation is 1. The number of hydrogen-bond acceptors (Lipinski definition) is 7. The minimum atomic E-state index is -4.52. The smallest absolute Gasteiger partial charge is 0.405 e. The number of ether oxygens (including phenoxy) is 1. The number of amides is 1. The number of aromatic nitrogens is 3. The van der Waals surface area contributed by atoms with Gasteiger partial charge in [-0.05, 0) is 48.6 Å². The van der Waals surface area contributed by atoms with Crippen LogP contribution in [0.3, 0.4) is 0 Å². The van der Waals surface area contributed by atoms with Crippen LogP contribution in [0.15, 0.2) is 30.3 Å². The predicted molar refractivity (Wildman–Crippen MR) is 125 cm³/mol. The first kappa shape index (κ1) is 24.0. The van der Waals surface area contributed by atoms with Gasteiger partial charge < -0.3 is 26.5 Å². The van der Waals surface area contributed by atoms with Gasteiger partial charge in [0.05, 0.1) is 12.7 Å². The van der Waals surface area contributed by atoms with Crippen LogP contribution < -0.4 is 21.1 Å². The summed E-state index contributed by atoms with van der Waals surface area (Å²) < 4.78 is 44.1. The number of anilines is 3. The van der Waals surface area contributed by atoms with Crippen molar-refractivity contribution in [1.29, 1.82) is 5.41 Å². The highest BCUT2D eigenvalue weighted by Gasteiger charge is 2.30. The Bertz CT molecular complexity index is 1280. The van der Waals surface area contributed by atoms with E-state index < -0.39 is 18.6 Å². The zero-order chi connectivity index (χ0) is 25.3. The topological polar surface area (TPSA) is 131 Å². The number of rotatable bonds is 8. The molecule has 4 rings (SSSR count). The Morgan fingerprint density at radius 2 is 2.06 bits per heavy atom. The van der Waals surface area contributed by atoms with Crippen LogP contribution in [0.25, 0.3) is 11.4 Å². The molecule has 1 saturated carbocycles. The maximum Gasteiger partial charge on any atom is 0.405 e. The number of hydrogen-bond donors (Lipinski definition) is 4. The first-order valence-electron chi connectivity index (χ1n) is 10.8. The molecule has 1 amide bonds. The molecule has 0 bridgehead atoms. The van der Waals surface area contributed by atoms with Gasteiger partial charge in [0.25, 0.3) is 5.91 Å². The highest BCUT2D eigenvalue weighted by Crippen LogP contribution is 2.46. The SMILES string of the molecule is COc1cc(-c2nc(Nc3ccc(N)c(C=N)c3C3CC3)n(C)n2)ccc1C(=O)NCC(F)(F)F. The van der Waals surface area contributed by atoms with Gasteiger partial charge in [-0.2, -0.15) is 18.2 Å². The van der Waals surface area contributed by atoms with E-state index in [1.165, 1.54) is 31.5 Å². The molecule has 3 aromatic rings. The van der Waals surface area contributed by atoms with Crippen LogP contribution in [-0.4, -0.2) is 46.7 Å². The molecule has 0 saturated heterocycles. The summed E-state index contributed by atoms with van der Waals surface area (Å²) in [4.78, 5) is 16.7. The number of alkyl halides is 3. The minimum absolute atomic E-state index is 0.0371. The molecule has 0 aliphatic heterocycles.